The van der Waals surface area contributed by atoms with Crippen LogP contribution in [0.2, 0.25) is 0 Å². The van der Waals surface area contributed by atoms with Crippen molar-refractivity contribution in [3.8, 4) is 0 Å². The summed E-state index contributed by atoms with van der Waals surface area (Å²) in [6.07, 6.45) is 42.6. The number of carbonyl (C=O) groups excluding carboxylic acids is 3. The second-order valence-corrected chi connectivity index (χ2v) is 16.9. The maximum absolute atomic E-state index is 12.7. The molecule has 0 fully saturated rings. The molecule has 0 aromatic carbocycles. The molecule has 0 radical (unpaired) electrons. The summed E-state index contributed by atoms with van der Waals surface area (Å²) in [7, 11) is 0. The Morgan fingerprint density at radius 3 is 0.907 bits per heavy atom. The molecule has 54 heavy (non-hydrogen) atoms. The van der Waals surface area contributed by atoms with Gasteiger partial charge < -0.3 is 14.2 Å². The van der Waals surface area contributed by atoms with Gasteiger partial charge in [0.15, 0.2) is 6.10 Å². The molecular weight excluding hydrogens is 673 g/mol. The number of rotatable bonds is 43. The van der Waals surface area contributed by atoms with E-state index in [4.69, 9.17) is 14.2 Å². The molecule has 0 bridgehead atoms. The smallest absolute Gasteiger partial charge is 0.306 e. The van der Waals surface area contributed by atoms with Crippen LogP contribution < -0.4 is 0 Å². The average molecular weight is 765 g/mol. The lowest BCUT2D eigenvalue weighted by Gasteiger charge is -2.18. The van der Waals surface area contributed by atoms with Crippen LogP contribution in [0, 0.1) is 5.92 Å². The molecule has 6 heteroatoms. The van der Waals surface area contributed by atoms with E-state index in [1.54, 1.807) is 0 Å². The summed E-state index contributed by atoms with van der Waals surface area (Å²) in [5.41, 5.74) is 0. The number of unbranched alkanes of at least 4 members (excludes halogenated alkanes) is 30. The zero-order chi connectivity index (χ0) is 39.6. The van der Waals surface area contributed by atoms with E-state index in [2.05, 4.69) is 27.7 Å². The molecule has 0 spiro atoms. The molecule has 6 nitrogen and oxygen atoms in total. The van der Waals surface area contributed by atoms with Crippen molar-refractivity contribution in [3.05, 3.63) is 0 Å². The van der Waals surface area contributed by atoms with Crippen LogP contribution in [-0.2, 0) is 28.6 Å². The third kappa shape index (κ3) is 41.6. The van der Waals surface area contributed by atoms with E-state index in [0.29, 0.717) is 19.3 Å². The van der Waals surface area contributed by atoms with Crippen LogP contribution in [0.15, 0.2) is 0 Å². The highest BCUT2D eigenvalue weighted by Crippen LogP contribution is 2.17. The summed E-state index contributed by atoms with van der Waals surface area (Å²) in [5, 5.41) is 0. The Hall–Kier alpha value is -1.59. The molecule has 0 N–H and O–H groups in total. The summed E-state index contributed by atoms with van der Waals surface area (Å²) in [4.78, 5) is 37.5. The van der Waals surface area contributed by atoms with E-state index in [0.717, 1.165) is 70.1 Å². The van der Waals surface area contributed by atoms with Crippen LogP contribution >= 0.6 is 0 Å². The predicted octanol–water partition coefficient (Wildman–Crippen LogP) is 15.1. The maximum atomic E-state index is 12.7. The van der Waals surface area contributed by atoms with E-state index >= 15 is 0 Å². The highest BCUT2D eigenvalue weighted by molar-refractivity contribution is 5.71. The standard InChI is InChI=1S/C48H92O6/c1-5-7-9-11-12-13-14-15-16-17-18-19-22-25-28-32-36-40-47(50)53-43-45(42-52-46(49)39-35-30-10-8-6-2)54-48(51)41-37-33-29-26-23-20-21-24-27-31-34-38-44(3)4/h44-45H,5-43H2,1-4H3/t45-/m1/s1. The molecule has 0 unspecified atom stereocenters. The van der Waals surface area contributed by atoms with E-state index in [1.165, 1.54) is 154 Å². The lowest BCUT2D eigenvalue weighted by Crippen LogP contribution is -2.30. The second kappa shape index (κ2) is 42.6. The average Bonchev–Trinajstić information content (AvgIpc) is 3.15. The van der Waals surface area contributed by atoms with Crippen molar-refractivity contribution in [1.29, 1.82) is 0 Å². The minimum absolute atomic E-state index is 0.0644. The molecule has 320 valence electrons. The van der Waals surface area contributed by atoms with Gasteiger partial charge in [0.05, 0.1) is 0 Å². The highest BCUT2D eigenvalue weighted by atomic mass is 16.6. The Balaban J connectivity index is 4.14. The number of hydrogen-bond acceptors (Lipinski definition) is 6. The summed E-state index contributed by atoms with van der Waals surface area (Å²) in [6, 6.07) is 0. The van der Waals surface area contributed by atoms with Crippen molar-refractivity contribution in [1.82, 2.24) is 0 Å². The van der Waals surface area contributed by atoms with Gasteiger partial charge in [-0.2, -0.15) is 0 Å². The predicted molar refractivity (Wildman–Crippen MR) is 229 cm³/mol. The summed E-state index contributed by atoms with van der Waals surface area (Å²) in [5.74, 6) is -0.0401. The largest absolute Gasteiger partial charge is 0.462 e. The minimum atomic E-state index is -0.758. The number of hydrogen-bond donors (Lipinski definition) is 0. The Bertz CT molecular complexity index is 811. The van der Waals surface area contributed by atoms with E-state index in [-0.39, 0.29) is 31.1 Å². The van der Waals surface area contributed by atoms with Crippen molar-refractivity contribution in [2.75, 3.05) is 13.2 Å². The van der Waals surface area contributed by atoms with Crippen LogP contribution in [-0.4, -0.2) is 37.2 Å². The lowest BCUT2D eigenvalue weighted by molar-refractivity contribution is -0.167. The quantitative estimate of drug-likeness (QED) is 0.0349. The van der Waals surface area contributed by atoms with Crippen LogP contribution in [0.1, 0.15) is 265 Å². The Morgan fingerprint density at radius 1 is 0.352 bits per heavy atom. The van der Waals surface area contributed by atoms with Gasteiger partial charge in [-0.3, -0.25) is 14.4 Å². The van der Waals surface area contributed by atoms with Crippen molar-refractivity contribution >= 4 is 17.9 Å². The topological polar surface area (TPSA) is 78.9 Å². The summed E-state index contributed by atoms with van der Waals surface area (Å²) < 4.78 is 16.6. The maximum Gasteiger partial charge on any atom is 0.306 e. The first kappa shape index (κ1) is 52.4. The van der Waals surface area contributed by atoms with Gasteiger partial charge in [0.25, 0.3) is 0 Å². The fraction of sp³-hybridized carbons (Fsp3) is 0.938. The lowest BCUT2D eigenvalue weighted by atomic mass is 10.0. The Morgan fingerprint density at radius 2 is 0.611 bits per heavy atom. The minimum Gasteiger partial charge on any atom is -0.462 e. The van der Waals surface area contributed by atoms with Gasteiger partial charge in [0.2, 0.25) is 0 Å². The summed E-state index contributed by atoms with van der Waals surface area (Å²) >= 11 is 0. The first-order valence-electron chi connectivity index (χ1n) is 23.9. The van der Waals surface area contributed by atoms with Crippen molar-refractivity contribution in [3.63, 3.8) is 0 Å². The van der Waals surface area contributed by atoms with Crippen molar-refractivity contribution < 1.29 is 28.6 Å². The van der Waals surface area contributed by atoms with Crippen LogP contribution in [0.3, 0.4) is 0 Å². The zero-order valence-corrected chi connectivity index (χ0v) is 36.7. The first-order valence-corrected chi connectivity index (χ1v) is 23.9. The van der Waals surface area contributed by atoms with Crippen LogP contribution in [0.5, 0.6) is 0 Å². The van der Waals surface area contributed by atoms with E-state index in [9.17, 15) is 14.4 Å². The normalized spacial score (nSPS) is 11.9. The number of esters is 3. The molecule has 1 atom stereocenters. The molecule has 0 amide bonds. The molecule has 0 saturated carbocycles. The third-order valence-electron chi connectivity index (χ3n) is 10.8. The number of ether oxygens (including phenoxy) is 3. The zero-order valence-electron chi connectivity index (χ0n) is 36.7. The molecular formula is C48H92O6. The Labute approximate surface area is 336 Å². The van der Waals surface area contributed by atoms with Crippen LogP contribution in [0.4, 0.5) is 0 Å². The van der Waals surface area contributed by atoms with Gasteiger partial charge >= 0.3 is 17.9 Å². The molecule has 0 aliphatic rings. The van der Waals surface area contributed by atoms with Gasteiger partial charge in [-0.05, 0) is 25.2 Å². The molecule has 0 heterocycles. The van der Waals surface area contributed by atoms with Gasteiger partial charge in [-0.25, -0.2) is 0 Å². The van der Waals surface area contributed by atoms with Gasteiger partial charge in [-0.15, -0.1) is 0 Å². The first-order chi connectivity index (χ1) is 26.4. The third-order valence-corrected chi connectivity index (χ3v) is 10.8. The molecule has 0 aromatic heterocycles. The van der Waals surface area contributed by atoms with Crippen molar-refractivity contribution in [2.45, 2.75) is 271 Å². The van der Waals surface area contributed by atoms with Gasteiger partial charge in [-0.1, -0.05) is 227 Å². The van der Waals surface area contributed by atoms with Gasteiger partial charge in [0, 0.05) is 19.3 Å². The summed E-state index contributed by atoms with van der Waals surface area (Å²) in [6.45, 7) is 8.93. The SMILES string of the molecule is CCCCCCCCCCCCCCCCCCCC(=O)OC[C@@H](COC(=O)CCCCCCC)OC(=O)CCCCCCCCCCCCCC(C)C. The van der Waals surface area contributed by atoms with Crippen molar-refractivity contribution in [2.24, 2.45) is 5.92 Å². The van der Waals surface area contributed by atoms with Gasteiger partial charge in [0.1, 0.15) is 13.2 Å². The molecule has 0 saturated heterocycles. The fourth-order valence-electron chi connectivity index (χ4n) is 7.16. The molecule has 0 aliphatic carbocycles. The van der Waals surface area contributed by atoms with Crippen LogP contribution in [0.25, 0.3) is 0 Å². The molecule has 0 rings (SSSR count). The Kier molecular flexibility index (Phi) is 41.3. The molecule has 0 aromatic rings. The van der Waals surface area contributed by atoms with E-state index < -0.39 is 6.10 Å². The van der Waals surface area contributed by atoms with E-state index in [1.807, 2.05) is 0 Å². The highest BCUT2D eigenvalue weighted by Gasteiger charge is 2.19. The second-order valence-electron chi connectivity index (χ2n) is 16.9. The fourth-order valence-corrected chi connectivity index (χ4v) is 7.16. The number of carbonyl (C=O) groups is 3. The molecule has 0 aliphatic heterocycles. The monoisotopic (exact) mass is 765 g/mol.